The number of allylic oxidation sites excluding steroid dienone is 9. The van der Waals surface area contributed by atoms with Crippen LogP contribution in [0.3, 0.4) is 0 Å². The lowest BCUT2D eigenvalue weighted by Gasteiger charge is -2.37. The van der Waals surface area contributed by atoms with Crippen molar-refractivity contribution < 1.29 is 9.76 Å². The molecule has 0 fully saturated rings. The van der Waals surface area contributed by atoms with E-state index < -0.39 is 11.2 Å². The normalized spacial score (nSPS) is 17.2. The topological polar surface area (TPSA) is 68.1 Å². The Hall–Kier alpha value is -2.31. The van der Waals surface area contributed by atoms with Gasteiger partial charge in [0.1, 0.15) is 5.82 Å². The van der Waals surface area contributed by atoms with Crippen LogP contribution < -0.4 is 0 Å². The van der Waals surface area contributed by atoms with Crippen molar-refractivity contribution in [3.63, 3.8) is 0 Å². The number of rotatable bonds is 8. The lowest BCUT2D eigenvalue weighted by atomic mass is 9.86. The summed E-state index contributed by atoms with van der Waals surface area (Å²) in [5, 5.41) is 10.2. The Balaban J connectivity index is 1.75. The van der Waals surface area contributed by atoms with Crippen LogP contribution in [0.15, 0.2) is 48.5 Å². The van der Waals surface area contributed by atoms with E-state index in [0.29, 0.717) is 6.42 Å². The summed E-state index contributed by atoms with van der Waals surface area (Å²) in [5.74, 6) is 4.06. The van der Waals surface area contributed by atoms with E-state index in [9.17, 15) is 5.11 Å². The maximum Gasteiger partial charge on any atom is 0.322 e. The van der Waals surface area contributed by atoms with Crippen LogP contribution in [0.5, 0.6) is 0 Å². The van der Waals surface area contributed by atoms with Crippen LogP contribution in [-0.4, -0.2) is 38.7 Å². The number of hydrogen-bond acceptors (Lipinski definition) is 5. The van der Waals surface area contributed by atoms with Crippen LogP contribution >= 0.6 is 0 Å². The van der Waals surface area contributed by atoms with Crippen LogP contribution in [-0.2, 0) is 11.1 Å². The van der Waals surface area contributed by atoms with Crippen LogP contribution in [0.4, 0.5) is 0 Å². The molecule has 0 atom stereocenters. The third-order valence-electron chi connectivity index (χ3n) is 5.59. The second-order valence-electron chi connectivity index (χ2n) is 8.65. The predicted molar refractivity (Wildman–Crippen MR) is 123 cm³/mol. The molecule has 0 spiro atoms. The third-order valence-corrected chi connectivity index (χ3v) is 5.59. The van der Waals surface area contributed by atoms with E-state index in [2.05, 4.69) is 36.5 Å². The highest BCUT2D eigenvalue weighted by molar-refractivity contribution is 6.34. The highest BCUT2D eigenvalue weighted by Crippen LogP contribution is 2.25. The molecule has 1 heterocycles. The van der Waals surface area contributed by atoms with Crippen LogP contribution in [0, 0.1) is 0 Å². The van der Waals surface area contributed by atoms with E-state index in [1.807, 2.05) is 25.9 Å². The SMILES string of the molecule is CC(C)(O)C(C)(C)O[B]/C=C/Cc1nc(C2=CCCC=C2)nc(C2=CC=CCC2)n1. The fraction of sp³-hybridized carbons (Fsp3) is 0.458. The summed E-state index contributed by atoms with van der Waals surface area (Å²) < 4.78 is 5.72. The maximum absolute atomic E-state index is 10.2. The Kier molecular flexibility index (Phi) is 7.21. The summed E-state index contributed by atoms with van der Waals surface area (Å²) in [6.45, 7) is 7.20. The molecule has 30 heavy (non-hydrogen) atoms. The van der Waals surface area contributed by atoms with Crippen molar-refractivity contribution in [3.8, 4) is 0 Å². The van der Waals surface area contributed by atoms with Gasteiger partial charge in [-0.05, 0) is 59.0 Å². The largest absolute Gasteiger partial charge is 0.427 e. The summed E-state index contributed by atoms with van der Waals surface area (Å²) in [4.78, 5) is 14.2. The van der Waals surface area contributed by atoms with E-state index in [1.54, 1.807) is 21.3 Å². The second kappa shape index (κ2) is 9.67. The van der Waals surface area contributed by atoms with Crippen molar-refractivity contribution in [3.05, 3.63) is 66.0 Å². The Bertz CT molecular complexity index is 906. The van der Waals surface area contributed by atoms with Gasteiger partial charge in [0.05, 0.1) is 11.2 Å². The van der Waals surface area contributed by atoms with Crippen LogP contribution in [0.2, 0.25) is 0 Å². The Labute approximate surface area is 180 Å². The summed E-state index contributed by atoms with van der Waals surface area (Å²) >= 11 is 0. The average Bonchev–Trinajstić information content (AvgIpc) is 2.74. The van der Waals surface area contributed by atoms with Gasteiger partial charge in [0.15, 0.2) is 11.6 Å². The highest BCUT2D eigenvalue weighted by atomic mass is 16.5. The molecule has 3 rings (SSSR count). The number of aliphatic hydroxyl groups is 1. The summed E-state index contributed by atoms with van der Waals surface area (Å²) in [5.41, 5.74) is 0.571. The molecule has 6 heteroatoms. The smallest absolute Gasteiger partial charge is 0.322 e. The fourth-order valence-electron chi connectivity index (χ4n) is 2.93. The first kappa shape index (κ1) is 22.4. The molecule has 0 aromatic carbocycles. The Morgan fingerprint density at radius 2 is 1.87 bits per heavy atom. The van der Waals surface area contributed by atoms with Crippen molar-refractivity contribution in [1.29, 1.82) is 0 Å². The van der Waals surface area contributed by atoms with Gasteiger partial charge in [0.2, 0.25) is 0 Å². The van der Waals surface area contributed by atoms with E-state index in [4.69, 9.17) is 19.6 Å². The molecule has 0 unspecified atom stereocenters. The zero-order valence-corrected chi connectivity index (χ0v) is 18.4. The monoisotopic (exact) mass is 404 g/mol. The summed E-state index contributed by atoms with van der Waals surface area (Å²) in [7, 11) is 1.61. The van der Waals surface area contributed by atoms with Gasteiger partial charge < -0.3 is 9.76 Å². The molecular weight excluding hydrogens is 373 g/mol. The van der Waals surface area contributed by atoms with Gasteiger partial charge in [-0.3, -0.25) is 0 Å². The molecule has 0 amide bonds. The lowest BCUT2D eigenvalue weighted by molar-refractivity contribution is -0.0894. The molecule has 0 bridgehead atoms. The standard InChI is InChI=1S/C24H31BN3O2/c1-23(2,29)24(3,4)30-25-17-11-16-20-26-21(18-12-7-5-8-13-18)28-22(27-20)19-14-9-6-10-15-19/h5,7,9,11-12,14-15,17,29H,6,8,10,13,16H2,1-4H3/b17-11+. The summed E-state index contributed by atoms with van der Waals surface area (Å²) in [6, 6.07) is 0. The first-order chi connectivity index (χ1) is 14.3. The minimum Gasteiger partial charge on any atom is -0.427 e. The molecule has 1 radical (unpaired) electrons. The maximum atomic E-state index is 10.2. The molecule has 5 nitrogen and oxygen atoms in total. The van der Waals surface area contributed by atoms with Gasteiger partial charge in [-0.15, -0.1) is 0 Å². The molecule has 0 saturated carbocycles. The minimum atomic E-state index is -0.946. The van der Waals surface area contributed by atoms with Crippen molar-refractivity contribution in [2.45, 2.75) is 71.0 Å². The van der Waals surface area contributed by atoms with Gasteiger partial charge >= 0.3 is 7.48 Å². The first-order valence-corrected chi connectivity index (χ1v) is 10.6. The van der Waals surface area contributed by atoms with Gasteiger partial charge in [0.25, 0.3) is 0 Å². The quantitative estimate of drug-likeness (QED) is 0.643. The van der Waals surface area contributed by atoms with Crippen molar-refractivity contribution in [2.75, 3.05) is 0 Å². The fourth-order valence-corrected chi connectivity index (χ4v) is 2.93. The zero-order valence-electron chi connectivity index (χ0n) is 18.4. The summed E-state index contributed by atoms with van der Waals surface area (Å²) in [6.07, 6.45) is 19.3. The molecular formula is C24H31BN3O2. The van der Waals surface area contributed by atoms with E-state index in [0.717, 1.165) is 54.3 Å². The molecule has 1 aromatic rings. The zero-order chi connectivity index (χ0) is 21.6. The Morgan fingerprint density at radius 3 is 2.53 bits per heavy atom. The molecule has 0 aliphatic heterocycles. The Morgan fingerprint density at radius 1 is 1.07 bits per heavy atom. The number of nitrogens with zero attached hydrogens (tertiary/aromatic N) is 3. The first-order valence-electron chi connectivity index (χ1n) is 10.6. The third kappa shape index (κ3) is 5.86. The van der Waals surface area contributed by atoms with Gasteiger partial charge in [0, 0.05) is 12.0 Å². The highest BCUT2D eigenvalue weighted by Gasteiger charge is 2.35. The van der Waals surface area contributed by atoms with Crippen molar-refractivity contribution in [1.82, 2.24) is 15.0 Å². The van der Waals surface area contributed by atoms with Gasteiger partial charge in [-0.1, -0.05) is 48.5 Å². The molecule has 1 N–H and O–H groups in total. The molecule has 157 valence electrons. The molecule has 2 aliphatic carbocycles. The van der Waals surface area contributed by atoms with E-state index in [1.165, 1.54) is 0 Å². The molecule has 1 aromatic heterocycles. The number of aromatic nitrogens is 3. The molecule has 0 saturated heterocycles. The average molecular weight is 404 g/mol. The van der Waals surface area contributed by atoms with Crippen LogP contribution in [0.25, 0.3) is 11.1 Å². The van der Waals surface area contributed by atoms with E-state index in [-0.39, 0.29) is 0 Å². The predicted octanol–water partition coefficient (Wildman–Crippen LogP) is 4.58. The van der Waals surface area contributed by atoms with Gasteiger partial charge in [-0.25, -0.2) is 15.0 Å². The van der Waals surface area contributed by atoms with E-state index >= 15 is 0 Å². The molecule has 2 aliphatic rings. The number of hydrogen-bond donors (Lipinski definition) is 1. The van der Waals surface area contributed by atoms with Crippen molar-refractivity contribution >= 4 is 18.6 Å². The minimum absolute atomic E-state index is 0.575. The van der Waals surface area contributed by atoms with Crippen molar-refractivity contribution in [2.24, 2.45) is 0 Å². The lowest BCUT2D eigenvalue weighted by Crippen LogP contribution is -2.47. The second-order valence-corrected chi connectivity index (χ2v) is 8.65. The van der Waals surface area contributed by atoms with Crippen LogP contribution in [0.1, 0.15) is 70.9 Å². The van der Waals surface area contributed by atoms with Gasteiger partial charge in [-0.2, -0.15) is 0 Å².